The van der Waals surface area contributed by atoms with Crippen LogP contribution in [0.5, 0.6) is 0 Å². The SMILES string of the molecule is C[Si](C)(C)/C([S-])=C(\[S-])[Si](C)(C)C. The van der Waals surface area contributed by atoms with E-state index in [2.05, 4.69) is 39.3 Å². The highest BCUT2D eigenvalue weighted by Gasteiger charge is 2.16. The van der Waals surface area contributed by atoms with E-state index in [-0.39, 0.29) is 0 Å². The number of rotatable bonds is 2. The molecule has 0 atom stereocenters. The quantitative estimate of drug-likeness (QED) is 0.532. The Morgan fingerprint density at radius 1 is 0.667 bits per heavy atom. The van der Waals surface area contributed by atoms with Gasteiger partial charge in [0.2, 0.25) is 0 Å². The molecule has 0 heterocycles. The minimum atomic E-state index is -1.31. The molecule has 0 saturated carbocycles. The van der Waals surface area contributed by atoms with Gasteiger partial charge in [0.1, 0.15) is 0 Å². The Bertz CT molecular complexity index is 174. The van der Waals surface area contributed by atoms with Gasteiger partial charge in [-0.05, 0) is 0 Å². The zero-order chi connectivity index (χ0) is 10.2. The van der Waals surface area contributed by atoms with Crippen molar-refractivity contribution < 1.29 is 0 Å². The van der Waals surface area contributed by atoms with E-state index in [0.717, 1.165) is 9.06 Å². The van der Waals surface area contributed by atoms with Gasteiger partial charge in [0, 0.05) is 16.1 Å². The van der Waals surface area contributed by atoms with Crippen molar-refractivity contribution in [2.24, 2.45) is 0 Å². The molecule has 0 spiro atoms. The second-order valence-electron chi connectivity index (χ2n) is 5.16. The molecule has 4 heteroatoms. The first kappa shape index (κ1) is 12.6. The van der Waals surface area contributed by atoms with Crippen molar-refractivity contribution in [3.05, 3.63) is 9.06 Å². The molecule has 0 N–H and O–H groups in total. The standard InChI is InChI=1S/C8H20S2Si2/c1-11(2,3)7(9)8(10)12(4,5)6/h9-10H,1-6H3/p-2/b8-7+. The van der Waals surface area contributed by atoms with Gasteiger partial charge in [0.05, 0.1) is 0 Å². The molecule has 0 rings (SSSR count). The van der Waals surface area contributed by atoms with Gasteiger partial charge < -0.3 is 25.3 Å². The highest BCUT2D eigenvalue weighted by Crippen LogP contribution is 2.23. The maximum absolute atomic E-state index is 5.42. The fourth-order valence-corrected chi connectivity index (χ4v) is 6.13. The molecule has 0 unspecified atom stereocenters. The molecule has 0 amide bonds. The van der Waals surface area contributed by atoms with Gasteiger partial charge in [-0.15, -0.1) is 0 Å². The van der Waals surface area contributed by atoms with Gasteiger partial charge in [-0.2, -0.15) is 0 Å². The van der Waals surface area contributed by atoms with Crippen LogP contribution in [0.3, 0.4) is 0 Å². The Morgan fingerprint density at radius 3 is 0.917 bits per heavy atom. The summed E-state index contributed by atoms with van der Waals surface area (Å²) in [6.45, 7) is 13.6. The summed E-state index contributed by atoms with van der Waals surface area (Å²) in [6.07, 6.45) is 0. The van der Waals surface area contributed by atoms with Crippen molar-refractivity contribution in [1.82, 2.24) is 0 Å². The largest absolute Gasteiger partial charge is 0.790 e. The molecule has 0 aromatic carbocycles. The van der Waals surface area contributed by atoms with E-state index in [4.69, 9.17) is 25.3 Å². The first-order valence-electron chi connectivity index (χ1n) is 4.16. The van der Waals surface area contributed by atoms with Crippen LogP contribution in [0, 0.1) is 0 Å². The van der Waals surface area contributed by atoms with E-state index in [1.807, 2.05) is 0 Å². The van der Waals surface area contributed by atoms with Crippen LogP contribution in [-0.4, -0.2) is 16.1 Å². The summed E-state index contributed by atoms with van der Waals surface area (Å²) in [4.78, 5) is 0. The van der Waals surface area contributed by atoms with Crippen molar-refractivity contribution in [2.75, 3.05) is 0 Å². The Hall–Kier alpha value is 0.614. The summed E-state index contributed by atoms with van der Waals surface area (Å²) < 4.78 is 2.24. The minimum absolute atomic E-state index is 1.12. The Kier molecular flexibility index (Phi) is 3.97. The predicted octanol–water partition coefficient (Wildman–Crippen LogP) is 3.05. The molecule has 0 radical (unpaired) electrons. The Balaban J connectivity index is 4.96. The average Bonchev–Trinajstić information content (AvgIpc) is 1.80. The lowest BCUT2D eigenvalue weighted by Crippen LogP contribution is -2.32. The molecule has 12 heavy (non-hydrogen) atoms. The van der Waals surface area contributed by atoms with Crippen LogP contribution < -0.4 is 0 Å². The average molecular weight is 235 g/mol. The molecule has 0 aliphatic carbocycles. The van der Waals surface area contributed by atoms with Crippen LogP contribution in [-0.2, 0) is 25.3 Å². The van der Waals surface area contributed by atoms with Crippen molar-refractivity contribution >= 4 is 41.4 Å². The molecule has 0 aromatic rings. The van der Waals surface area contributed by atoms with E-state index < -0.39 is 16.1 Å². The lowest BCUT2D eigenvalue weighted by Gasteiger charge is -2.41. The maximum atomic E-state index is 5.42. The van der Waals surface area contributed by atoms with E-state index >= 15 is 0 Å². The first-order valence-corrected chi connectivity index (χ1v) is 12.0. The number of hydrogen-bond donors (Lipinski definition) is 0. The molecule has 0 nitrogen and oxygen atoms in total. The normalized spacial score (nSPS) is 15.8. The molecule has 72 valence electrons. The zero-order valence-electron chi connectivity index (χ0n) is 8.82. The predicted molar refractivity (Wildman–Crippen MR) is 68.4 cm³/mol. The van der Waals surface area contributed by atoms with Gasteiger partial charge in [0.15, 0.2) is 0 Å². The van der Waals surface area contributed by atoms with Crippen LogP contribution >= 0.6 is 0 Å². The molecule has 0 aliphatic rings. The van der Waals surface area contributed by atoms with E-state index in [9.17, 15) is 0 Å². The van der Waals surface area contributed by atoms with Crippen molar-refractivity contribution in [2.45, 2.75) is 39.3 Å². The smallest absolute Gasteiger partial charge is 0.0470 e. The molecule has 0 fully saturated rings. The van der Waals surface area contributed by atoms with E-state index in [0.29, 0.717) is 0 Å². The monoisotopic (exact) mass is 234 g/mol. The molecule has 0 bridgehead atoms. The third kappa shape index (κ3) is 3.55. The van der Waals surface area contributed by atoms with Crippen molar-refractivity contribution in [3.8, 4) is 0 Å². The van der Waals surface area contributed by atoms with Crippen LogP contribution in [0.15, 0.2) is 9.06 Å². The molecule has 0 aliphatic heterocycles. The molecular weight excluding hydrogens is 216 g/mol. The molecule has 0 aromatic heterocycles. The van der Waals surface area contributed by atoms with Gasteiger partial charge in [-0.1, -0.05) is 39.3 Å². The second-order valence-corrected chi connectivity index (χ2v) is 16.7. The van der Waals surface area contributed by atoms with Crippen molar-refractivity contribution in [3.63, 3.8) is 0 Å². The fraction of sp³-hybridized carbons (Fsp3) is 0.750. The van der Waals surface area contributed by atoms with Gasteiger partial charge in [-0.3, -0.25) is 0 Å². The summed E-state index contributed by atoms with van der Waals surface area (Å²) in [7, 11) is -2.62. The highest BCUT2D eigenvalue weighted by molar-refractivity contribution is 7.73. The Morgan fingerprint density at radius 2 is 0.833 bits per heavy atom. The summed E-state index contributed by atoms with van der Waals surface area (Å²) in [6, 6.07) is 0. The topological polar surface area (TPSA) is 0 Å². The van der Waals surface area contributed by atoms with Gasteiger partial charge in [0.25, 0.3) is 0 Å². The number of hydrogen-bond acceptors (Lipinski definition) is 2. The third-order valence-corrected chi connectivity index (χ3v) is 9.62. The molecular formula is C8H18S2Si2-2. The Labute approximate surface area is 89.7 Å². The summed E-state index contributed by atoms with van der Waals surface area (Å²) in [5, 5.41) is 0. The third-order valence-electron chi connectivity index (χ3n) is 1.57. The van der Waals surface area contributed by atoms with Gasteiger partial charge in [-0.25, -0.2) is 9.06 Å². The van der Waals surface area contributed by atoms with Gasteiger partial charge >= 0.3 is 0 Å². The van der Waals surface area contributed by atoms with Crippen LogP contribution in [0.2, 0.25) is 39.3 Å². The first-order chi connectivity index (χ1) is 5.07. The van der Waals surface area contributed by atoms with E-state index in [1.165, 1.54) is 0 Å². The summed E-state index contributed by atoms with van der Waals surface area (Å²) in [5.41, 5.74) is 0. The molecule has 0 saturated heterocycles. The van der Waals surface area contributed by atoms with Crippen LogP contribution in [0.1, 0.15) is 0 Å². The van der Waals surface area contributed by atoms with E-state index in [1.54, 1.807) is 0 Å². The van der Waals surface area contributed by atoms with Crippen molar-refractivity contribution in [1.29, 1.82) is 0 Å². The second kappa shape index (κ2) is 3.78. The summed E-state index contributed by atoms with van der Waals surface area (Å²) in [5.74, 6) is 0. The summed E-state index contributed by atoms with van der Waals surface area (Å²) >= 11 is 10.8. The van der Waals surface area contributed by atoms with Crippen LogP contribution in [0.4, 0.5) is 0 Å². The van der Waals surface area contributed by atoms with Crippen LogP contribution in [0.25, 0.3) is 0 Å². The fourth-order valence-electron chi connectivity index (χ4n) is 0.681. The zero-order valence-corrected chi connectivity index (χ0v) is 12.4. The lowest BCUT2D eigenvalue weighted by molar-refractivity contribution is 1.69. The minimum Gasteiger partial charge on any atom is -0.790 e. The lowest BCUT2D eigenvalue weighted by atomic mass is 11.2. The maximum Gasteiger partial charge on any atom is 0.0470 e. The highest BCUT2D eigenvalue weighted by atomic mass is 32.1.